The average molecular weight is 420 g/mol. The van der Waals surface area contributed by atoms with Gasteiger partial charge in [-0.1, -0.05) is 13.8 Å². The van der Waals surface area contributed by atoms with Crippen LogP contribution in [0.2, 0.25) is 0 Å². The molecule has 29 heavy (non-hydrogen) atoms. The van der Waals surface area contributed by atoms with Crippen molar-refractivity contribution in [1.82, 2.24) is 19.4 Å². The van der Waals surface area contributed by atoms with Crippen molar-refractivity contribution in [2.75, 3.05) is 44.2 Å². The molecule has 0 spiro atoms. The summed E-state index contributed by atoms with van der Waals surface area (Å²) in [5, 5.41) is 7.25. The summed E-state index contributed by atoms with van der Waals surface area (Å²) in [4.78, 5) is 17.1. The van der Waals surface area contributed by atoms with Crippen molar-refractivity contribution in [3.05, 3.63) is 41.2 Å². The number of sulfonamides is 1. The number of hydrogen-bond donors (Lipinski definition) is 1. The normalized spacial score (nSPS) is 15.2. The number of aromatic amines is 1. The second-order valence-corrected chi connectivity index (χ2v) is 9.11. The van der Waals surface area contributed by atoms with Crippen LogP contribution in [0.1, 0.15) is 35.6 Å². The molecular weight excluding hydrogens is 390 g/mol. The Bertz CT molecular complexity index is 937. The van der Waals surface area contributed by atoms with Crippen LogP contribution in [0.15, 0.2) is 29.2 Å². The number of amides is 1. The Kier molecular flexibility index (Phi) is 6.28. The first-order valence-corrected chi connectivity index (χ1v) is 11.4. The number of aryl methyl sites for hydroxylation is 2. The van der Waals surface area contributed by atoms with Crippen LogP contribution in [0.5, 0.6) is 0 Å². The topological polar surface area (TPSA) is 89.6 Å². The Balaban J connectivity index is 1.67. The van der Waals surface area contributed by atoms with E-state index < -0.39 is 10.0 Å². The molecule has 0 bridgehead atoms. The van der Waals surface area contributed by atoms with Gasteiger partial charge in [0.05, 0.1) is 22.0 Å². The minimum absolute atomic E-state index is 0.0722. The summed E-state index contributed by atoms with van der Waals surface area (Å²) in [6.45, 7) is 11.1. The molecule has 1 aromatic heterocycles. The van der Waals surface area contributed by atoms with Gasteiger partial charge in [-0.3, -0.25) is 9.89 Å². The first-order valence-electron chi connectivity index (χ1n) is 9.95. The lowest BCUT2D eigenvalue weighted by Gasteiger charge is -2.36. The van der Waals surface area contributed by atoms with Gasteiger partial charge in [-0.15, -0.1) is 0 Å². The highest BCUT2D eigenvalue weighted by atomic mass is 32.2. The Hall–Kier alpha value is -2.39. The smallest absolute Gasteiger partial charge is 0.253 e. The molecule has 1 aliphatic rings. The number of nitrogens with zero attached hydrogens (tertiary/aromatic N) is 4. The number of aromatic nitrogens is 2. The molecule has 1 amide bonds. The number of anilines is 1. The van der Waals surface area contributed by atoms with E-state index >= 15 is 0 Å². The third-order valence-electron chi connectivity index (χ3n) is 5.42. The number of H-pyrrole nitrogens is 1. The minimum atomic E-state index is -3.52. The fraction of sp³-hybridized carbons (Fsp3) is 0.500. The maximum absolute atomic E-state index is 12.9. The fourth-order valence-electron chi connectivity index (χ4n) is 3.81. The van der Waals surface area contributed by atoms with Gasteiger partial charge in [0.2, 0.25) is 10.0 Å². The summed E-state index contributed by atoms with van der Waals surface area (Å²) in [5.74, 6) is -0.0722. The zero-order chi connectivity index (χ0) is 21.2. The van der Waals surface area contributed by atoms with Crippen molar-refractivity contribution in [1.29, 1.82) is 0 Å². The lowest BCUT2D eigenvalue weighted by atomic mass is 10.1. The number of piperazine rings is 1. The maximum Gasteiger partial charge on any atom is 0.253 e. The van der Waals surface area contributed by atoms with Crippen LogP contribution in [0.4, 0.5) is 5.69 Å². The van der Waals surface area contributed by atoms with Gasteiger partial charge < -0.3 is 9.80 Å². The Morgan fingerprint density at radius 3 is 2.14 bits per heavy atom. The van der Waals surface area contributed by atoms with Gasteiger partial charge in [0.15, 0.2) is 0 Å². The highest BCUT2D eigenvalue weighted by Crippen LogP contribution is 2.24. The molecule has 1 aliphatic heterocycles. The number of hydrogen-bond acceptors (Lipinski definition) is 5. The van der Waals surface area contributed by atoms with E-state index in [1.54, 1.807) is 12.1 Å². The third-order valence-corrected chi connectivity index (χ3v) is 7.48. The highest BCUT2D eigenvalue weighted by molar-refractivity contribution is 7.89. The van der Waals surface area contributed by atoms with Crippen molar-refractivity contribution in [2.24, 2.45) is 0 Å². The molecule has 158 valence electrons. The largest absolute Gasteiger partial charge is 0.365 e. The molecule has 9 heteroatoms. The van der Waals surface area contributed by atoms with E-state index in [2.05, 4.69) is 15.1 Å². The van der Waals surface area contributed by atoms with E-state index in [0.717, 1.165) is 30.2 Å². The molecule has 0 radical (unpaired) electrons. The molecule has 1 aromatic carbocycles. The van der Waals surface area contributed by atoms with E-state index in [-0.39, 0.29) is 10.8 Å². The lowest BCUT2D eigenvalue weighted by Crippen LogP contribution is -2.49. The number of carbonyl (C=O) groups is 1. The van der Waals surface area contributed by atoms with E-state index in [1.165, 1.54) is 16.4 Å². The van der Waals surface area contributed by atoms with Gasteiger partial charge in [-0.25, -0.2) is 8.42 Å². The molecule has 1 N–H and O–H groups in total. The van der Waals surface area contributed by atoms with Crippen LogP contribution in [-0.2, 0) is 10.0 Å². The van der Waals surface area contributed by atoms with Crippen LogP contribution in [0.3, 0.4) is 0 Å². The van der Waals surface area contributed by atoms with Crippen LogP contribution < -0.4 is 4.90 Å². The first kappa shape index (κ1) is 21.3. The predicted molar refractivity (Wildman–Crippen MR) is 113 cm³/mol. The van der Waals surface area contributed by atoms with Crippen molar-refractivity contribution in [3.8, 4) is 0 Å². The van der Waals surface area contributed by atoms with E-state index in [4.69, 9.17) is 0 Å². The predicted octanol–water partition coefficient (Wildman–Crippen LogP) is 2.02. The molecule has 3 rings (SSSR count). The van der Waals surface area contributed by atoms with Gasteiger partial charge >= 0.3 is 0 Å². The molecule has 1 saturated heterocycles. The number of benzene rings is 1. The molecular formula is C20H29N5O3S. The molecule has 2 aromatic rings. The fourth-order valence-corrected chi connectivity index (χ4v) is 5.27. The minimum Gasteiger partial charge on any atom is -0.365 e. The van der Waals surface area contributed by atoms with Crippen molar-refractivity contribution < 1.29 is 13.2 Å². The van der Waals surface area contributed by atoms with E-state index in [0.29, 0.717) is 31.7 Å². The summed E-state index contributed by atoms with van der Waals surface area (Å²) in [7, 11) is -3.52. The first-order chi connectivity index (χ1) is 13.8. The van der Waals surface area contributed by atoms with Gasteiger partial charge in [0.25, 0.3) is 5.91 Å². The molecule has 0 atom stereocenters. The Morgan fingerprint density at radius 2 is 1.66 bits per heavy atom. The molecule has 1 fully saturated rings. The number of rotatable bonds is 6. The van der Waals surface area contributed by atoms with E-state index in [9.17, 15) is 13.2 Å². The molecule has 8 nitrogen and oxygen atoms in total. The lowest BCUT2D eigenvalue weighted by molar-refractivity contribution is 0.0746. The van der Waals surface area contributed by atoms with Crippen LogP contribution in [0.25, 0.3) is 0 Å². The third kappa shape index (κ3) is 4.16. The second-order valence-electron chi connectivity index (χ2n) is 7.18. The van der Waals surface area contributed by atoms with Gasteiger partial charge in [-0.2, -0.15) is 9.40 Å². The van der Waals surface area contributed by atoms with Crippen LogP contribution in [0, 0.1) is 13.8 Å². The maximum atomic E-state index is 12.9. The van der Waals surface area contributed by atoms with Crippen molar-refractivity contribution in [2.45, 2.75) is 32.6 Å². The van der Waals surface area contributed by atoms with Gasteiger partial charge in [0, 0.05) is 44.8 Å². The summed E-state index contributed by atoms with van der Waals surface area (Å²) in [6, 6.07) is 6.26. The summed E-state index contributed by atoms with van der Waals surface area (Å²) in [5.41, 5.74) is 3.62. The molecule has 0 saturated carbocycles. The molecule has 0 aliphatic carbocycles. The van der Waals surface area contributed by atoms with Gasteiger partial charge in [0.1, 0.15) is 0 Å². The zero-order valence-corrected chi connectivity index (χ0v) is 18.3. The Morgan fingerprint density at radius 1 is 1.07 bits per heavy atom. The molecule has 0 unspecified atom stereocenters. The van der Waals surface area contributed by atoms with Crippen LogP contribution in [-0.4, -0.2) is 73.0 Å². The summed E-state index contributed by atoms with van der Waals surface area (Å²) >= 11 is 0. The summed E-state index contributed by atoms with van der Waals surface area (Å²) in [6.07, 6.45) is 0. The van der Waals surface area contributed by atoms with Crippen molar-refractivity contribution >= 4 is 21.6 Å². The van der Waals surface area contributed by atoms with E-state index in [1.807, 2.05) is 32.6 Å². The number of nitrogens with one attached hydrogen (secondary N) is 1. The number of carbonyl (C=O) groups excluding carboxylic acids is 1. The standard InChI is InChI=1S/C20H29N5O3S/c1-5-25(6-2)29(27,28)18-9-7-17(8-10-18)20(26)24-13-11-23(12-14-24)19-15(3)21-22-16(19)4/h7-10H,5-6,11-14H2,1-4H3,(H,21,22). The zero-order valence-electron chi connectivity index (χ0n) is 17.5. The average Bonchev–Trinajstić information content (AvgIpc) is 3.06. The Labute approximate surface area is 172 Å². The van der Waals surface area contributed by atoms with Gasteiger partial charge in [-0.05, 0) is 38.1 Å². The quantitative estimate of drug-likeness (QED) is 0.774. The summed E-state index contributed by atoms with van der Waals surface area (Å²) < 4.78 is 26.6. The second kappa shape index (κ2) is 8.54. The SMILES string of the molecule is CCN(CC)S(=O)(=O)c1ccc(C(=O)N2CCN(c3c(C)n[nH]c3C)CC2)cc1. The van der Waals surface area contributed by atoms with Crippen LogP contribution >= 0.6 is 0 Å². The van der Waals surface area contributed by atoms with Crippen molar-refractivity contribution in [3.63, 3.8) is 0 Å². The molecule has 2 heterocycles. The monoisotopic (exact) mass is 419 g/mol. The highest BCUT2D eigenvalue weighted by Gasteiger charge is 2.26.